The number of carbonyl (C=O) groups is 3. The van der Waals surface area contributed by atoms with Gasteiger partial charge in [0.15, 0.2) is 11.6 Å². The van der Waals surface area contributed by atoms with Crippen LogP contribution in [0.2, 0.25) is 0 Å². The van der Waals surface area contributed by atoms with Crippen molar-refractivity contribution in [2.45, 2.75) is 45.3 Å². The number of carboxylic acid groups (broad SMARTS) is 1. The van der Waals surface area contributed by atoms with E-state index in [1.165, 1.54) is 19.3 Å². The molecule has 1 amide bonds. The highest BCUT2D eigenvalue weighted by molar-refractivity contribution is 6.40. The summed E-state index contributed by atoms with van der Waals surface area (Å²) in [5.74, 6) is -2.47. The molecule has 2 aromatic rings. The van der Waals surface area contributed by atoms with Crippen LogP contribution in [0.15, 0.2) is 47.5 Å². The lowest BCUT2D eigenvalue weighted by Gasteiger charge is -2.24. The Hall–Kier alpha value is -4.19. The number of hydrogen-bond donors (Lipinski definition) is 5. The Morgan fingerprint density at radius 2 is 1.86 bits per heavy atom. The summed E-state index contributed by atoms with van der Waals surface area (Å²) in [7, 11) is 1.73. The minimum absolute atomic E-state index is 0.0198. The highest BCUT2D eigenvalue weighted by Crippen LogP contribution is 2.12. The molecule has 37 heavy (non-hydrogen) atoms. The standard InChI is InChI=1S/C25H33N7O5/c1-4-20(32-11-10-28-23(25(32)37)29-13-18(27)16(2)26)24(36)30-19(12-22(34)35)21(33)15-31(3)14-17-8-6-5-7-9-17/h5-11,19-20,26-27H,4,12-15H2,1-3H3,(H,28,29)(H,30,36)(H,34,35). The zero-order chi connectivity index (χ0) is 27.5. The fraction of sp³-hybridized carbons (Fsp3) is 0.400. The van der Waals surface area contributed by atoms with Crippen LogP contribution in [0.4, 0.5) is 5.82 Å². The third-order valence-corrected chi connectivity index (χ3v) is 5.58. The number of anilines is 1. The van der Waals surface area contributed by atoms with Crippen LogP contribution >= 0.6 is 0 Å². The quantitative estimate of drug-likeness (QED) is 0.222. The minimum atomic E-state index is -1.27. The highest BCUT2D eigenvalue weighted by atomic mass is 16.4. The summed E-state index contributed by atoms with van der Waals surface area (Å²) < 4.78 is 1.15. The molecule has 0 fully saturated rings. The SMILES string of the molecule is CCC(C(=O)NC(CC(=O)O)C(=O)CN(C)Cc1ccccc1)n1ccnc(NCC(=N)C(C)=N)c1=O. The summed E-state index contributed by atoms with van der Waals surface area (Å²) in [6.45, 7) is 3.43. The number of carboxylic acids is 1. The third kappa shape index (κ3) is 8.76. The molecule has 5 N–H and O–H groups in total. The molecular weight excluding hydrogens is 478 g/mol. The monoisotopic (exact) mass is 511 g/mol. The van der Waals surface area contributed by atoms with Crippen molar-refractivity contribution in [1.29, 1.82) is 10.8 Å². The van der Waals surface area contributed by atoms with Gasteiger partial charge < -0.3 is 26.6 Å². The van der Waals surface area contributed by atoms with Gasteiger partial charge >= 0.3 is 5.97 Å². The number of ketones is 1. The van der Waals surface area contributed by atoms with Gasteiger partial charge in [-0.15, -0.1) is 0 Å². The maximum absolute atomic E-state index is 13.1. The first-order valence-electron chi connectivity index (χ1n) is 11.7. The fourth-order valence-corrected chi connectivity index (χ4v) is 3.62. The van der Waals surface area contributed by atoms with Gasteiger partial charge in [0.25, 0.3) is 5.56 Å². The summed E-state index contributed by atoms with van der Waals surface area (Å²) in [5.41, 5.74) is 0.380. The van der Waals surface area contributed by atoms with E-state index in [1.807, 2.05) is 30.3 Å². The first kappa shape index (κ1) is 29.0. The van der Waals surface area contributed by atoms with Crippen molar-refractivity contribution < 1.29 is 19.5 Å². The lowest BCUT2D eigenvalue weighted by molar-refractivity contribution is -0.140. The maximum Gasteiger partial charge on any atom is 0.305 e. The molecule has 0 radical (unpaired) electrons. The van der Waals surface area contributed by atoms with Crippen LogP contribution in [0, 0.1) is 10.8 Å². The number of hydrogen-bond acceptors (Lipinski definition) is 9. The lowest BCUT2D eigenvalue weighted by Crippen LogP contribution is -2.49. The van der Waals surface area contributed by atoms with Gasteiger partial charge in [-0.3, -0.25) is 28.6 Å². The van der Waals surface area contributed by atoms with Crippen LogP contribution in [0.3, 0.4) is 0 Å². The molecule has 2 unspecified atom stereocenters. The second-order valence-electron chi connectivity index (χ2n) is 8.65. The summed E-state index contributed by atoms with van der Waals surface area (Å²) in [6, 6.07) is 7.17. The van der Waals surface area contributed by atoms with Gasteiger partial charge in [0.1, 0.15) is 6.04 Å². The summed E-state index contributed by atoms with van der Waals surface area (Å²) >= 11 is 0. The molecule has 12 nitrogen and oxygen atoms in total. The van der Waals surface area contributed by atoms with E-state index < -0.39 is 41.7 Å². The van der Waals surface area contributed by atoms with Crippen molar-refractivity contribution in [3.8, 4) is 0 Å². The van der Waals surface area contributed by atoms with E-state index >= 15 is 0 Å². The van der Waals surface area contributed by atoms with Crippen molar-refractivity contribution in [2.24, 2.45) is 0 Å². The Labute approximate surface area is 214 Å². The van der Waals surface area contributed by atoms with E-state index in [0.717, 1.165) is 10.1 Å². The van der Waals surface area contributed by atoms with Crippen LogP contribution in [-0.4, -0.2) is 74.8 Å². The van der Waals surface area contributed by atoms with Crippen LogP contribution in [-0.2, 0) is 20.9 Å². The lowest BCUT2D eigenvalue weighted by atomic mass is 10.1. The van der Waals surface area contributed by atoms with E-state index in [0.29, 0.717) is 6.54 Å². The molecule has 0 spiro atoms. The topological polar surface area (TPSA) is 181 Å². The van der Waals surface area contributed by atoms with Crippen LogP contribution in [0.1, 0.15) is 38.3 Å². The molecule has 0 saturated heterocycles. The molecule has 1 aromatic carbocycles. The number of benzene rings is 1. The predicted octanol–water partition coefficient (Wildman–Crippen LogP) is 1.33. The van der Waals surface area contributed by atoms with Crippen LogP contribution in [0.5, 0.6) is 0 Å². The number of carbonyl (C=O) groups excluding carboxylic acids is 2. The van der Waals surface area contributed by atoms with Crippen LogP contribution < -0.4 is 16.2 Å². The molecule has 2 rings (SSSR count). The minimum Gasteiger partial charge on any atom is -0.481 e. The number of amides is 1. The third-order valence-electron chi connectivity index (χ3n) is 5.58. The molecule has 0 aliphatic heterocycles. The molecule has 0 aliphatic rings. The molecular formula is C25H33N7O5. The smallest absolute Gasteiger partial charge is 0.305 e. The second kappa shape index (κ2) is 13.8. The predicted molar refractivity (Wildman–Crippen MR) is 139 cm³/mol. The summed E-state index contributed by atoms with van der Waals surface area (Å²) in [4.78, 5) is 56.1. The van der Waals surface area contributed by atoms with Crippen LogP contribution in [0.25, 0.3) is 0 Å². The molecule has 1 heterocycles. The zero-order valence-electron chi connectivity index (χ0n) is 21.2. The Bertz CT molecular complexity index is 1200. The van der Waals surface area contributed by atoms with Crippen molar-refractivity contribution in [3.05, 3.63) is 58.6 Å². The number of nitrogens with zero attached hydrogens (tertiary/aromatic N) is 3. The number of aromatic nitrogens is 2. The number of aliphatic carboxylic acids is 1. The van der Waals surface area contributed by atoms with E-state index in [9.17, 15) is 24.3 Å². The van der Waals surface area contributed by atoms with Crippen molar-refractivity contribution in [2.75, 3.05) is 25.5 Å². The normalized spacial score (nSPS) is 12.4. The van der Waals surface area contributed by atoms with Gasteiger partial charge in [0.05, 0.1) is 37.0 Å². The van der Waals surface area contributed by atoms with E-state index in [2.05, 4.69) is 15.6 Å². The van der Waals surface area contributed by atoms with E-state index in [4.69, 9.17) is 10.8 Å². The summed E-state index contributed by atoms with van der Waals surface area (Å²) in [5, 5.41) is 29.7. The van der Waals surface area contributed by atoms with Gasteiger partial charge in [-0.1, -0.05) is 37.3 Å². The first-order valence-corrected chi connectivity index (χ1v) is 11.7. The highest BCUT2D eigenvalue weighted by Gasteiger charge is 2.29. The average molecular weight is 512 g/mol. The second-order valence-corrected chi connectivity index (χ2v) is 8.65. The van der Waals surface area contributed by atoms with Gasteiger partial charge in [-0.25, -0.2) is 4.98 Å². The number of Topliss-reactive ketones (excluding diaryl/α,β-unsaturated/α-hetero) is 1. The van der Waals surface area contributed by atoms with Crippen molar-refractivity contribution >= 4 is 34.9 Å². The van der Waals surface area contributed by atoms with Crippen molar-refractivity contribution in [1.82, 2.24) is 19.8 Å². The largest absolute Gasteiger partial charge is 0.481 e. The molecule has 0 bridgehead atoms. The molecule has 0 aliphatic carbocycles. The number of likely N-dealkylation sites (N-methyl/N-ethyl adjacent to an activating group) is 1. The van der Waals surface area contributed by atoms with Gasteiger partial charge in [-0.05, 0) is 26.0 Å². The first-order chi connectivity index (χ1) is 17.5. The average Bonchev–Trinajstić information content (AvgIpc) is 2.84. The Kier molecular flexibility index (Phi) is 10.8. The van der Waals surface area contributed by atoms with Gasteiger partial charge in [0.2, 0.25) is 5.91 Å². The Morgan fingerprint density at radius 3 is 2.46 bits per heavy atom. The van der Waals surface area contributed by atoms with Crippen molar-refractivity contribution in [3.63, 3.8) is 0 Å². The number of rotatable bonds is 15. The Morgan fingerprint density at radius 1 is 1.19 bits per heavy atom. The molecule has 1 aromatic heterocycles. The maximum atomic E-state index is 13.1. The fourth-order valence-electron chi connectivity index (χ4n) is 3.62. The van der Waals surface area contributed by atoms with Gasteiger partial charge in [-0.2, -0.15) is 0 Å². The molecule has 0 saturated carbocycles. The van der Waals surface area contributed by atoms with Gasteiger partial charge in [0, 0.05) is 18.9 Å². The Balaban J connectivity index is 2.16. The van der Waals surface area contributed by atoms with E-state index in [-0.39, 0.29) is 36.8 Å². The summed E-state index contributed by atoms with van der Waals surface area (Å²) in [6.07, 6.45) is 2.24. The number of nitrogens with one attached hydrogen (secondary N) is 4. The molecule has 12 heteroatoms. The zero-order valence-corrected chi connectivity index (χ0v) is 21.2. The molecule has 2 atom stereocenters. The van der Waals surface area contributed by atoms with E-state index in [1.54, 1.807) is 18.9 Å². The molecule has 198 valence electrons.